The van der Waals surface area contributed by atoms with E-state index in [-0.39, 0.29) is 23.3 Å². The molecule has 1 fully saturated rings. The molecule has 0 heterocycles. The number of carbonyl (C=O) groups excluding carboxylic acids is 1. The summed E-state index contributed by atoms with van der Waals surface area (Å²) in [6, 6.07) is 3.45. The van der Waals surface area contributed by atoms with Crippen LogP contribution in [0.1, 0.15) is 37.7 Å². The summed E-state index contributed by atoms with van der Waals surface area (Å²) in [6.45, 7) is 1.84. The predicted molar refractivity (Wildman–Crippen MR) is 93.6 cm³/mol. The lowest BCUT2D eigenvalue weighted by atomic mass is 10.1. The average Bonchev–Trinajstić information content (AvgIpc) is 3.10. The molecule has 0 aliphatic heterocycles. The second-order valence-electron chi connectivity index (χ2n) is 6.09. The van der Waals surface area contributed by atoms with Crippen LogP contribution < -0.4 is 14.8 Å². The van der Waals surface area contributed by atoms with Gasteiger partial charge in [-0.25, -0.2) is 8.42 Å². The van der Waals surface area contributed by atoms with Gasteiger partial charge < -0.3 is 14.8 Å². The minimum absolute atomic E-state index is 0.0351. The van der Waals surface area contributed by atoms with Gasteiger partial charge >= 0.3 is 0 Å². The van der Waals surface area contributed by atoms with E-state index in [1.807, 2.05) is 6.92 Å². The van der Waals surface area contributed by atoms with E-state index in [1.54, 1.807) is 19.2 Å². The van der Waals surface area contributed by atoms with Crippen molar-refractivity contribution < 1.29 is 22.7 Å². The van der Waals surface area contributed by atoms with E-state index in [1.165, 1.54) is 7.11 Å². The molecule has 1 saturated carbocycles. The summed E-state index contributed by atoms with van der Waals surface area (Å²) in [5, 5.41) is 2.49. The van der Waals surface area contributed by atoms with Gasteiger partial charge in [0.25, 0.3) is 0 Å². The normalized spacial score (nSPS) is 15.3. The van der Waals surface area contributed by atoms with Gasteiger partial charge in [-0.1, -0.05) is 12.8 Å². The standard InChI is InChI=1S/C17H25NO5S/c1-12-10-15(22-2)16(23-3)11-14(12)18-17(19)8-9-24(20,21)13-6-4-5-7-13/h10-11,13H,4-9H2,1-3H3,(H,18,19). The number of carbonyl (C=O) groups is 1. The largest absolute Gasteiger partial charge is 0.493 e. The third-order valence-electron chi connectivity index (χ3n) is 4.43. The molecule has 0 aromatic heterocycles. The molecule has 1 aliphatic carbocycles. The molecule has 1 aliphatic rings. The van der Waals surface area contributed by atoms with Crippen LogP contribution in [0.5, 0.6) is 11.5 Å². The highest BCUT2D eigenvalue weighted by Crippen LogP contribution is 2.33. The Morgan fingerprint density at radius 1 is 1.17 bits per heavy atom. The topological polar surface area (TPSA) is 81.7 Å². The van der Waals surface area contributed by atoms with Crippen molar-refractivity contribution in [3.63, 3.8) is 0 Å². The molecule has 0 bridgehead atoms. The van der Waals surface area contributed by atoms with Crippen molar-refractivity contribution in [2.45, 2.75) is 44.3 Å². The van der Waals surface area contributed by atoms with Crippen molar-refractivity contribution in [3.8, 4) is 11.5 Å². The first-order chi connectivity index (χ1) is 11.4. The summed E-state index contributed by atoms with van der Waals surface area (Å²) in [7, 11) is -0.121. The lowest BCUT2D eigenvalue weighted by Crippen LogP contribution is -2.24. The summed E-state index contributed by atoms with van der Waals surface area (Å²) < 4.78 is 34.9. The number of ether oxygens (including phenoxy) is 2. The number of aryl methyl sites for hydroxylation is 1. The van der Waals surface area contributed by atoms with E-state index in [9.17, 15) is 13.2 Å². The van der Waals surface area contributed by atoms with Crippen LogP contribution in [0.4, 0.5) is 5.69 Å². The van der Waals surface area contributed by atoms with E-state index in [4.69, 9.17) is 9.47 Å². The van der Waals surface area contributed by atoms with Crippen LogP contribution in [0, 0.1) is 6.92 Å². The summed E-state index contributed by atoms with van der Waals surface area (Å²) in [5.41, 5.74) is 1.41. The Labute approximate surface area is 143 Å². The highest BCUT2D eigenvalue weighted by Gasteiger charge is 2.28. The summed E-state index contributed by atoms with van der Waals surface area (Å²) in [5.74, 6) is 0.677. The molecule has 0 atom stereocenters. The van der Waals surface area contributed by atoms with Crippen LogP contribution in [-0.4, -0.2) is 39.5 Å². The molecule has 0 unspecified atom stereocenters. The molecule has 1 amide bonds. The molecule has 0 radical (unpaired) electrons. The molecule has 7 heteroatoms. The summed E-state index contributed by atoms with van der Waals surface area (Å²) in [4.78, 5) is 12.1. The number of anilines is 1. The Morgan fingerprint density at radius 3 is 2.33 bits per heavy atom. The number of hydrogen-bond acceptors (Lipinski definition) is 5. The maximum Gasteiger partial charge on any atom is 0.225 e. The van der Waals surface area contributed by atoms with Crippen molar-refractivity contribution in [1.29, 1.82) is 0 Å². The van der Waals surface area contributed by atoms with Gasteiger partial charge in [0.1, 0.15) is 0 Å². The number of benzene rings is 1. The first-order valence-electron chi connectivity index (χ1n) is 8.11. The number of sulfone groups is 1. The van der Waals surface area contributed by atoms with Crippen molar-refractivity contribution in [1.82, 2.24) is 0 Å². The van der Waals surface area contributed by atoms with E-state index >= 15 is 0 Å². The van der Waals surface area contributed by atoms with Gasteiger partial charge in [-0.05, 0) is 31.4 Å². The molecule has 1 N–H and O–H groups in total. The molecule has 0 spiro atoms. The monoisotopic (exact) mass is 355 g/mol. The quantitative estimate of drug-likeness (QED) is 0.813. The fraction of sp³-hybridized carbons (Fsp3) is 0.588. The van der Waals surface area contributed by atoms with E-state index in [0.29, 0.717) is 17.2 Å². The first kappa shape index (κ1) is 18.6. The Balaban J connectivity index is 1.99. The second kappa shape index (κ2) is 7.88. The van der Waals surface area contributed by atoms with Crippen LogP contribution in [0.25, 0.3) is 0 Å². The van der Waals surface area contributed by atoms with Gasteiger partial charge in [-0.2, -0.15) is 0 Å². The van der Waals surface area contributed by atoms with Crippen molar-refractivity contribution >= 4 is 21.4 Å². The Hall–Kier alpha value is -1.76. The molecule has 1 aromatic rings. The number of nitrogens with one attached hydrogen (secondary N) is 1. The van der Waals surface area contributed by atoms with Crippen molar-refractivity contribution in [2.24, 2.45) is 0 Å². The van der Waals surface area contributed by atoms with E-state index < -0.39 is 9.84 Å². The number of methoxy groups -OCH3 is 2. The third-order valence-corrected chi connectivity index (χ3v) is 6.69. The zero-order valence-electron chi connectivity index (χ0n) is 14.4. The molecule has 2 rings (SSSR count). The number of amides is 1. The van der Waals surface area contributed by atoms with E-state index in [0.717, 1.165) is 31.2 Å². The summed E-state index contributed by atoms with van der Waals surface area (Å²) in [6.07, 6.45) is 3.33. The van der Waals surface area contributed by atoms with Gasteiger partial charge in [0.05, 0.1) is 25.2 Å². The minimum atomic E-state index is -3.19. The molecule has 1 aromatic carbocycles. The predicted octanol–water partition coefficient (Wildman–Crippen LogP) is 2.70. The maximum atomic E-state index is 12.2. The van der Waals surface area contributed by atoms with Gasteiger partial charge in [-0.3, -0.25) is 4.79 Å². The Morgan fingerprint density at radius 2 is 1.75 bits per heavy atom. The molecule has 0 saturated heterocycles. The van der Waals surface area contributed by atoms with Crippen LogP contribution in [0.3, 0.4) is 0 Å². The highest BCUT2D eigenvalue weighted by atomic mass is 32.2. The van der Waals surface area contributed by atoms with Gasteiger partial charge in [0, 0.05) is 18.2 Å². The molecular formula is C17H25NO5S. The Bertz CT molecular complexity index is 693. The van der Waals surface area contributed by atoms with Gasteiger partial charge in [0.2, 0.25) is 5.91 Å². The Kier molecular flexibility index (Phi) is 6.10. The molecule has 134 valence electrons. The molecule has 24 heavy (non-hydrogen) atoms. The molecular weight excluding hydrogens is 330 g/mol. The second-order valence-corrected chi connectivity index (χ2v) is 8.49. The van der Waals surface area contributed by atoms with Gasteiger partial charge in [-0.15, -0.1) is 0 Å². The van der Waals surface area contributed by atoms with Crippen LogP contribution >= 0.6 is 0 Å². The van der Waals surface area contributed by atoms with E-state index in [2.05, 4.69) is 5.32 Å². The minimum Gasteiger partial charge on any atom is -0.493 e. The lowest BCUT2D eigenvalue weighted by molar-refractivity contribution is -0.115. The maximum absolute atomic E-state index is 12.2. The fourth-order valence-electron chi connectivity index (χ4n) is 2.98. The third kappa shape index (κ3) is 4.41. The number of rotatable bonds is 7. The first-order valence-corrected chi connectivity index (χ1v) is 9.83. The van der Waals surface area contributed by atoms with Crippen LogP contribution in [0.2, 0.25) is 0 Å². The van der Waals surface area contributed by atoms with Gasteiger partial charge in [0.15, 0.2) is 21.3 Å². The average molecular weight is 355 g/mol. The SMILES string of the molecule is COc1cc(C)c(NC(=O)CCS(=O)(=O)C2CCCC2)cc1OC. The van der Waals surface area contributed by atoms with Crippen LogP contribution in [-0.2, 0) is 14.6 Å². The smallest absolute Gasteiger partial charge is 0.225 e. The zero-order valence-corrected chi connectivity index (χ0v) is 15.2. The summed E-state index contributed by atoms with van der Waals surface area (Å²) >= 11 is 0. The zero-order chi connectivity index (χ0) is 17.7. The lowest BCUT2D eigenvalue weighted by Gasteiger charge is -2.14. The number of hydrogen-bond donors (Lipinski definition) is 1. The fourth-order valence-corrected chi connectivity index (χ4v) is 4.83. The molecule has 6 nitrogen and oxygen atoms in total. The van der Waals surface area contributed by atoms with Crippen molar-refractivity contribution in [2.75, 3.05) is 25.3 Å². The van der Waals surface area contributed by atoms with Crippen molar-refractivity contribution in [3.05, 3.63) is 17.7 Å². The van der Waals surface area contributed by atoms with Crippen LogP contribution in [0.15, 0.2) is 12.1 Å². The highest BCUT2D eigenvalue weighted by molar-refractivity contribution is 7.92.